The van der Waals surface area contributed by atoms with E-state index in [1.54, 1.807) is 0 Å². The Balaban J connectivity index is 2.51. The lowest BCUT2D eigenvalue weighted by Gasteiger charge is -2.19. The molecule has 1 atom stereocenters. The van der Waals surface area contributed by atoms with Gasteiger partial charge in [-0.1, -0.05) is 24.9 Å². The van der Waals surface area contributed by atoms with Gasteiger partial charge in [0.25, 0.3) is 0 Å². The van der Waals surface area contributed by atoms with Crippen LogP contribution in [0.15, 0.2) is 16.5 Å². The summed E-state index contributed by atoms with van der Waals surface area (Å²) >= 11 is 5.68. The summed E-state index contributed by atoms with van der Waals surface area (Å²) in [5.74, 6) is -0.105. The molecular formula is C12H14ClFN2O. The van der Waals surface area contributed by atoms with E-state index in [0.29, 0.717) is 17.0 Å². The zero-order chi connectivity index (χ0) is 12.6. The molecule has 1 unspecified atom stereocenters. The number of nitrogens with zero attached hydrogens (tertiary/aromatic N) is 1. The monoisotopic (exact) mass is 256 g/mol. The number of hydrogen-bond donors (Lipinski definition) is 1. The van der Waals surface area contributed by atoms with Gasteiger partial charge < -0.3 is 10.2 Å². The number of oxazole rings is 1. The quantitative estimate of drug-likeness (QED) is 0.913. The molecule has 5 heteroatoms. The van der Waals surface area contributed by atoms with Crippen molar-refractivity contribution in [2.45, 2.75) is 32.2 Å². The van der Waals surface area contributed by atoms with E-state index in [1.807, 2.05) is 13.8 Å². The molecule has 0 bridgehead atoms. The zero-order valence-electron chi connectivity index (χ0n) is 9.76. The molecular weight excluding hydrogens is 243 g/mol. The lowest BCUT2D eigenvalue weighted by Crippen LogP contribution is -2.33. The average Bonchev–Trinajstić information content (AvgIpc) is 2.62. The van der Waals surface area contributed by atoms with Crippen molar-refractivity contribution in [2.75, 3.05) is 0 Å². The van der Waals surface area contributed by atoms with Gasteiger partial charge in [0.05, 0.1) is 10.6 Å². The van der Waals surface area contributed by atoms with Crippen molar-refractivity contribution < 1.29 is 8.81 Å². The van der Waals surface area contributed by atoms with Crippen molar-refractivity contribution in [3.8, 4) is 0 Å². The number of rotatable bonds is 3. The van der Waals surface area contributed by atoms with E-state index in [1.165, 1.54) is 12.1 Å². The first kappa shape index (κ1) is 12.3. The second-order valence-electron chi connectivity index (χ2n) is 4.42. The zero-order valence-corrected chi connectivity index (χ0v) is 10.5. The van der Waals surface area contributed by atoms with Crippen LogP contribution in [0.3, 0.4) is 0 Å². The van der Waals surface area contributed by atoms with E-state index in [4.69, 9.17) is 21.8 Å². The topological polar surface area (TPSA) is 52.0 Å². The minimum atomic E-state index is -0.642. The Bertz CT molecular complexity index is 512. The van der Waals surface area contributed by atoms with Crippen molar-refractivity contribution in [3.05, 3.63) is 28.9 Å². The van der Waals surface area contributed by atoms with Gasteiger partial charge in [-0.2, -0.15) is 0 Å². The van der Waals surface area contributed by atoms with E-state index >= 15 is 0 Å². The molecule has 2 N–H and O–H groups in total. The summed E-state index contributed by atoms with van der Waals surface area (Å²) in [5.41, 5.74) is 6.36. The molecule has 3 nitrogen and oxygen atoms in total. The second-order valence-corrected chi connectivity index (χ2v) is 4.83. The molecule has 0 spiro atoms. The largest absolute Gasteiger partial charge is 0.439 e. The molecule has 2 rings (SSSR count). The van der Waals surface area contributed by atoms with Crippen LogP contribution in [0.25, 0.3) is 11.1 Å². The summed E-state index contributed by atoms with van der Waals surface area (Å²) < 4.78 is 18.7. The Hall–Kier alpha value is -1.13. The molecule has 0 fully saturated rings. The third kappa shape index (κ3) is 2.28. The summed E-state index contributed by atoms with van der Waals surface area (Å²) in [6, 6.07) is 2.68. The van der Waals surface area contributed by atoms with Gasteiger partial charge in [0.2, 0.25) is 5.89 Å². The second kappa shape index (κ2) is 4.27. The van der Waals surface area contributed by atoms with E-state index < -0.39 is 11.4 Å². The predicted octanol–water partition coefficient (Wildman–Crippen LogP) is 3.59. The van der Waals surface area contributed by atoms with Crippen molar-refractivity contribution >= 4 is 22.7 Å². The maximum Gasteiger partial charge on any atom is 0.215 e. The highest BCUT2D eigenvalue weighted by molar-refractivity contribution is 6.31. The fraction of sp³-hybridized carbons (Fsp3) is 0.417. The lowest BCUT2D eigenvalue weighted by molar-refractivity contribution is 0.342. The molecule has 0 amide bonds. The Morgan fingerprint density at radius 1 is 1.53 bits per heavy atom. The van der Waals surface area contributed by atoms with Gasteiger partial charge in [0.15, 0.2) is 5.58 Å². The van der Waals surface area contributed by atoms with Gasteiger partial charge in [-0.25, -0.2) is 9.37 Å². The molecule has 17 heavy (non-hydrogen) atoms. The Kier molecular flexibility index (Phi) is 3.10. The average molecular weight is 257 g/mol. The summed E-state index contributed by atoms with van der Waals surface area (Å²) in [7, 11) is 0. The molecule has 0 aliphatic heterocycles. The first-order chi connectivity index (χ1) is 7.94. The minimum absolute atomic E-state index is 0.0339. The van der Waals surface area contributed by atoms with Gasteiger partial charge >= 0.3 is 0 Å². The normalized spacial score (nSPS) is 15.1. The highest BCUT2D eigenvalue weighted by Crippen LogP contribution is 2.28. The van der Waals surface area contributed by atoms with Crippen LogP contribution in [-0.4, -0.2) is 4.98 Å². The number of aromatic nitrogens is 1. The van der Waals surface area contributed by atoms with Crippen molar-refractivity contribution in [3.63, 3.8) is 0 Å². The van der Waals surface area contributed by atoms with Gasteiger partial charge in [-0.15, -0.1) is 0 Å². The van der Waals surface area contributed by atoms with E-state index in [0.717, 1.165) is 12.8 Å². The van der Waals surface area contributed by atoms with Crippen molar-refractivity contribution in [2.24, 2.45) is 5.73 Å². The van der Waals surface area contributed by atoms with Gasteiger partial charge in [-0.05, 0) is 19.4 Å². The SMILES string of the molecule is CCCC(C)(N)c1nc2cc(Cl)c(F)cc2o1. The molecule has 0 aliphatic rings. The third-order valence-corrected chi connectivity index (χ3v) is 2.98. The molecule has 0 saturated carbocycles. The Morgan fingerprint density at radius 2 is 2.24 bits per heavy atom. The lowest BCUT2D eigenvalue weighted by atomic mass is 9.98. The van der Waals surface area contributed by atoms with Crippen LogP contribution in [0.2, 0.25) is 5.02 Å². The molecule has 0 aliphatic carbocycles. The van der Waals surface area contributed by atoms with Crippen LogP contribution in [0.4, 0.5) is 4.39 Å². The first-order valence-corrected chi connectivity index (χ1v) is 5.87. The van der Waals surface area contributed by atoms with Crippen molar-refractivity contribution in [1.82, 2.24) is 4.98 Å². The van der Waals surface area contributed by atoms with Crippen LogP contribution in [-0.2, 0) is 5.54 Å². The van der Waals surface area contributed by atoms with Crippen LogP contribution in [0.1, 0.15) is 32.6 Å². The predicted molar refractivity (Wildman–Crippen MR) is 65.4 cm³/mol. The fourth-order valence-electron chi connectivity index (χ4n) is 1.79. The minimum Gasteiger partial charge on any atom is -0.439 e. The Labute approximate surface area is 104 Å². The molecule has 0 saturated heterocycles. The highest BCUT2D eigenvalue weighted by atomic mass is 35.5. The fourth-order valence-corrected chi connectivity index (χ4v) is 1.95. The number of benzene rings is 1. The molecule has 1 heterocycles. The van der Waals surface area contributed by atoms with Gasteiger partial charge in [0, 0.05) is 6.07 Å². The number of fused-ring (bicyclic) bond motifs is 1. The van der Waals surface area contributed by atoms with Gasteiger partial charge in [-0.3, -0.25) is 0 Å². The van der Waals surface area contributed by atoms with Crippen molar-refractivity contribution in [1.29, 1.82) is 0 Å². The summed E-state index contributed by atoms with van der Waals surface area (Å²) in [6.45, 7) is 3.88. The van der Waals surface area contributed by atoms with Crippen LogP contribution in [0.5, 0.6) is 0 Å². The maximum absolute atomic E-state index is 13.3. The Morgan fingerprint density at radius 3 is 2.88 bits per heavy atom. The molecule has 92 valence electrons. The van der Waals surface area contributed by atoms with Crippen LogP contribution >= 0.6 is 11.6 Å². The highest BCUT2D eigenvalue weighted by Gasteiger charge is 2.26. The van der Waals surface area contributed by atoms with Gasteiger partial charge in [0.1, 0.15) is 11.3 Å². The summed E-state index contributed by atoms with van der Waals surface area (Å²) in [5, 5.41) is 0.0339. The third-order valence-electron chi connectivity index (χ3n) is 2.69. The van der Waals surface area contributed by atoms with Crippen LogP contribution < -0.4 is 5.73 Å². The number of halogens is 2. The van der Waals surface area contributed by atoms with E-state index in [-0.39, 0.29) is 5.02 Å². The number of hydrogen-bond acceptors (Lipinski definition) is 3. The molecule has 1 aromatic heterocycles. The van der Waals surface area contributed by atoms with E-state index in [9.17, 15) is 4.39 Å². The first-order valence-electron chi connectivity index (χ1n) is 5.49. The molecule has 0 radical (unpaired) electrons. The maximum atomic E-state index is 13.3. The number of nitrogens with two attached hydrogens (primary N) is 1. The smallest absolute Gasteiger partial charge is 0.215 e. The summed E-state index contributed by atoms with van der Waals surface area (Å²) in [6.07, 6.45) is 1.66. The molecule has 2 aromatic rings. The molecule has 1 aromatic carbocycles. The van der Waals surface area contributed by atoms with Crippen LogP contribution in [0, 0.1) is 5.82 Å². The standard InChI is InChI=1S/C12H14ClFN2O/c1-3-4-12(2,15)11-16-9-5-7(13)8(14)6-10(9)17-11/h5-6H,3-4,15H2,1-2H3. The summed E-state index contributed by atoms with van der Waals surface area (Å²) in [4.78, 5) is 4.26. The van der Waals surface area contributed by atoms with E-state index in [2.05, 4.69) is 4.98 Å².